The molecule has 0 heterocycles. The number of hydrogen-bond donors (Lipinski definition) is 2. The highest BCUT2D eigenvalue weighted by Crippen LogP contribution is 2.12. The summed E-state index contributed by atoms with van der Waals surface area (Å²) in [5.74, 6) is -1.93. The average Bonchev–Trinajstić information content (AvgIpc) is 2.47. The molecule has 0 saturated carbocycles. The number of aliphatic carboxylic acids is 2. The minimum Gasteiger partial charge on any atom is -0.480 e. The number of carbonyl (C=O) groups is 2. The van der Waals surface area contributed by atoms with E-state index in [9.17, 15) is 9.59 Å². The van der Waals surface area contributed by atoms with Crippen LogP contribution in [0.15, 0.2) is 0 Å². The van der Waals surface area contributed by atoms with E-state index >= 15 is 0 Å². The van der Waals surface area contributed by atoms with Gasteiger partial charge >= 0.3 is 11.9 Å². The molecule has 0 radical (unpaired) electrons. The van der Waals surface area contributed by atoms with Crippen molar-refractivity contribution in [3.05, 3.63) is 0 Å². The molecule has 0 fully saturated rings. The third-order valence-corrected chi connectivity index (χ3v) is 4.05. The number of hydrogen-bond acceptors (Lipinski definition) is 3. The minimum atomic E-state index is -0.967. The summed E-state index contributed by atoms with van der Waals surface area (Å²) in [5.41, 5.74) is 0. The molecule has 0 aromatic carbocycles. The fourth-order valence-electron chi connectivity index (χ4n) is 2.77. The Balaban J connectivity index is 3.42. The molecule has 5 nitrogen and oxygen atoms in total. The van der Waals surface area contributed by atoms with Gasteiger partial charge in [0.05, 0.1) is 13.1 Å². The Hall–Kier alpha value is -1.10. The van der Waals surface area contributed by atoms with Gasteiger partial charge < -0.3 is 10.2 Å². The van der Waals surface area contributed by atoms with Crippen LogP contribution in [0, 0.1) is 0 Å². The maximum absolute atomic E-state index is 10.7. The Morgan fingerprint density at radius 3 is 1.35 bits per heavy atom. The van der Waals surface area contributed by atoms with E-state index < -0.39 is 11.9 Å². The number of nitrogens with zero attached hydrogens (tertiary/aromatic N) is 1. The molecule has 0 rings (SSSR count). The molecule has 0 aromatic heterocycles. The van der Waals surface area contributed by atoms with Gasteiger partial charge in [0.2, 0.25) is 0 Å². The number of rotatable bonds is 17. The zero-order chi connectivity index (χ0) is 17.3. The first-order chi connectivity index (χ1) is 11.1. The molecule has 0 spiro atoms. The molecule has 136 valence electrons. The van der Waals surface area contributed by atoms with E-state index in [1.807, 2.05) is 0 Å². The first-order valence-electron chi connectivity index (χ1n) is 9.22. The van der Waals surface area contributed by atoms with Crippen LogP contribution in [0.5, 0.6) is 0 Å². The number of carboxylic acids is 2. The first kappa shape index (κ1) is 21.9. The van der Waals surface area contributed by atoms with Crippen molar-refractivity contribution < 1.29 is 19.8 Å². The van der Waals surface area contributed by atoms with Crippen molar-refractivity contribution in [2.75, 3.05) is 19.6 Å². The van der Waals surface area contributed by atoms with Crippen molar-refractivity contribution in [1.29, 1.82) is 0 Å². The van der Waals surface area contributed by atoms with E-state index in [1.165, 1.54) is 62.7 Å². The van der Waals surface area contributed by atoms with Crippen LogP contribution >= 0.6 is 0 Å². The quantitative estimate of drug-likeness (QED) is 0.392. The van der Waals surface area contributed by atoms with Gasteiger partial charge in [0.25, 0.3) is 0 Å². The van der Waals surface area contributed by atoms with E-state index in [2.05, 4.69) is 6.92 Å². The average molecular weight is 329 g/mol. The lowest BCUT2D eigenvalue weighted by atomic mass is 10.1. The van der Waals surface area contributed by atoms with Crippen LogP contribution in [-0.2, 0) is 9.59 Å². The van der Waals surface area contributed by atoms with Crippen LogP contribution in [0.2, 0.25) is 0 Å². The smallest absolute Gasteiger partial charge is 0.317 e. The molecule has 0 aromatic rings. The molecule has 5 heteroatoms. The summed E-state index contributed by atoms with van der Waals surface area (Å²) >= 11 is 0. The summed E-state index contributed by atoms with van der Waals surface area (Å²) in [5, 5.41) is 17.5. The van der Waals surface area contributed by atoms with Gasteiger partial charge in [-0.05, 0) is 13.0 Å². The standard InChI is InChI=1S/C18H35NO4/c1-2-3-4-5-6-7-8-9-10-11-12-13-14-19(15-17(20)21)16-18(22)23/h2-16H2,1H3,(H,20,21)(H,22,23). The van der Waals surface area contributed by atoms with E-state index in [-0.39, 0.29) is 13.1 Å². The van der Waals surface area contributed by atoms with E-state index in [0.29, 0.717) is 6.54 Å². The lowest BCUT2D eigenvalue weighted by Gasteiger charge is -2.17. The van der Waals surface area contributed by atoms with Crippen molar-refractivity contribution in [3.8, 4) is 0 Å². The summed E-state index contributed by atoms with van der Waals surface area (Å²) in [7, 11) is 0. The van der Waals surface area contributed by atoms with Gasteiger partial charge in [-0.1, -0.05) is 77.6 Å². The first-order valence-corrected chi connectivity index (χ1v) is 9.22. The zero-order valence-corrected chi connectivity index (χ0v) is 14.8. The molecular weight excluding hydrogens is 294 g/mol. The summed E-state index contributed by atoms with van der Waals surface area (Å²) in [4.78, 5) is 22.8. The second-order valence-electron chi connectivity index (χ2n) is 6.39. The van der Waals surface area contributed by atoms with Gasteiger partial charge in [0.15, 0.2) is 0 Å². The molecular formula is C18H35NO4. The van der Waals surface area contributed by atoms with Crippen LogP contribution in [-0.4, -0.2) is 46.7 Å². The van der Waals surface area contributed by atoms with Gasteiger partial charge in [-0.25, -0.2) is 0 Å². The van der Waals surface area contributed by atoms with Gasteiger partial charge in [0, 0.05) is 0 Å². The summed E-state index contributed by atoms with van der Waals surface area (Å²) < 4.78 is 0. The van der Waals surface area contributed by atoms with Gasteiger partial charge in [-0.3, -0.25) is 14.5 Å². The highest BCUT2D eigenvalue weighted by Gasteiger charge is 2.12. The molecule has 0 atom stereocenters. The van der Waals surface area contributed by atoms with Crippen LogP contribution < -0.4 is 0 Å². The number of carboxylic acid groups (broad SMARTS) is 2. The molecule has 23 heavy (non-hydrogen) atoms. The van der Waals surface area contributed by atoms with Crippen molar-refractivity contribution in [2.24, 2.45) is 0 Å². The highest BCUT2D eigenvalue weighted by atomic mass is 16.4. The highest BCUT2D eigenvalue weighted by molar-refractivity contribution is 5.72. The molecule has 0 bridgehead atoms. The second kappa shape index (κ2) is 15.8. The molecule has 0 saturated heterocycles. The Kier molecular flexibility index (Phi) is 15.0. The third kappa shape index (κ3) is 17.1. The maximum Gasteiger partial charge on any atom is 0.317 e. The summed E-state index contributed by atoms with van der Waals surface area (Å²) in [6, 6.07) is 0. The Bertz CT molecular complexity index is 291. The van der Waals surface area contributed by atoms with Crippen molar-refractivity contribution in [3.63, 3.8) is 0 Å². The zero-order valence-electron chi connectivity index (χ0n) is 14.8. The SMILES string of the molecule is CCCCCCCCCCCCCCN(CC(=O)O)CC(=O)O. The summed E-state index contributed by atoms with van der Waals surface area (Å²) in [6.07, 6.45) is 15.0. The van der Waals surface area contributed by atoms with Gasteiger partial charge in [-0.2, -0.15) is 0 Å². The lowest BCUT2D eigenvalue weighted by Crippen LogP contribution is -2.35. The van der Waals surface area contributed by atoms with E-state index in [1.54, 1.807) is 0 Å². The lowest BCUT2D eigenvalue weighted by molar-refractivity contribution is -0.141. The van der Waals surface area contributed by atoms with Crippen molar-refractivity contribution in [1.82, 2.24) is 4.90 Å². The maximum atomic E-state index is 10.7. The fraction of sp³-hybridized carbons (Fsp3) is 0.889. The largest absolute Gasteiger partial charge is 0.480 e. The van der Waals surface area contributed by atoms with Gasteiger partial charge in [0.1, 0.15) is 0 Å². The molecule has 0 amide bonds. The summed E-state index contributed by atoms with van der Waals surface area (Å²) in [6.45, 7) is 2.41. The van der Waals surface area contributed by atoms with Crippen molar-refractivity contribution >= 4 is 11.9 Å². The topological polar surface area (TPSA) is 77.8 Å². The predicted molar refractivity (Wildman–Crippen MR) is 92.8 cm³/mol. The van der Waals surface area contributed by atoms with E-state index in [4.69, 9.17) is 10.2 Å². The molecule has 0 aliphatic heterocycles. The fourth-order valence-corrected chi connectivity index (χ4v) is 2.77. The predicted octanol–water partition coefficient (Wildman–Crippen LogP) is 4.16. The van der Waals surface area contributed by atoms with E-state index in [0.717, 1.165) is 19.3 Å². The van der Waals surface area contributed by atoms with Crippen LogP contribution in [0.25, 0.3) is 0 Å². The van der Waals surface area contributed by atoms with Crippen molar-refractivity contribution in [2.45, 2.75) is 84.0 Å². The Morgan fingerprint density at radius 1 is 0.652 bits per heavy atom. The molecule has 0 unspecified atom stereocenters. The Labute approximate surface area is 141 Å². The van der Waals surface area contributed by atoms with Crippen LogP contribution in [0.4, 0.5) is 0 Å². The van der Waals surface area contributed by atoms with Crippen LogP contribution in [0.3, 0.4) is 0 Å². The van der Waals surface area contributed by atoms with Gasteiger partial charge in [-0.15, -0.1) is 0 Å². The molecule has 0 aliphatic rings. The molecule has 2 N–H and O–H groups in total. The minimum absolute atomic E-state index is 0.190. The Morgan fingerprint density at radius 2 is 1.00 bits per heavy atom. The number of unbranched alkanes of at least 4 members (excludes halogenated alkanes) is 11. The monoisotopic (exact) mass is 329 g/mol. The normalized spacial score (nSPS) is 11.0. The molecule has 0 aliphatic carbocycles. The van der Waals surface area contributed by atoms with Crippen LogP contribution in [0.1, 0.15) is 84.0 Å². The second-order valence-corrected chi connectivity index (χ2v) is 6.39. The third-order valence-electron chi connectivity index (χ3n) is 4.05.